The molecular weight excluding hydrogens is 252 g/mol. The Hall–Kier alpha value is -1.53. The molecule has 2 fully saturated rings. The van der Waals surface area contributed by atoms with E-state index in [1.165, 1.54) is 11.4 Å². The van der Waals surface area contributed by atoms with Gasteiger partial charge in [0.15, 0.2) is 5.82 Å². The summed E-state index contributed by atoms with van der Waals surface area (Å²) in [5.74, 6) is 1.12. The van der Waals surface area contributed by atoms with E-state index in [0.29, 0.717) is 6.17 Å². The van der Waals surface area contributed by atoms with E-state index in [-0.39, 0.29) is 0 Å². The standard InChI is InChI=1S/C14H22N6/c1-18-4-6-19(7-5-18)11-8-12-14(16-9-11)20-3-2-15-10-13(20)17-12/h8-9,13,15,17H,2-7,10H2,1H3. The highest BCUT2D eigenvalue weighted by atomic mass is 15.4. The number of piperazine rings is 2. The Bertz CT molecular complexity index is 496. The van der Waals surface area contributed by atoms with Crippen molar-refractivity contribution in [1.82, 2.24) is 15.2 Å². The summed E-state index contributed by atoms with van der Waals surface area (Å²) in [7, 11) is 2.19. The number of pyridine rings is 1. The number of anilines is 3. The van der Waals surface area contributed by atoms with Gasteiger partial charge < -0.3 is 25.3 Å². The van der Waals surface area contributed by atoms with Gasteiger partial charge in [-0.2, -0.15) is 0 Å². The van der Waals surface area contributed by atoms with Crippen molar-refractivity contribution in [3.63, 3.8) is 0 Å². The molecule has 0 spiro atoms. The fourth-order valence-electron chi connectivity index (χ4n) is 3.29. The highest BCUT2D eigenvalue weighted by Gasteiger charge is 2.32. The third kappa shape index (κ3) is 1.99. The van der Waals surface area contributed by atoms with Gasteiger partial charge >= 0.3 is 0 Å². The Balaban J connectivity index is 1.57. The predicted octanol–water partition coefficient (Wildman–Crippen LogP) is -0.00540. The van der Waals surface area contributed by atoms with Crippen LogP contribution in [0.2, 0.25) is 0 Å². The number of likely N-dealkylation sites (N-methyl/N-ethyl adjacent to an activating group) is 1. The SMILES string of the molecule is CN1CCN(c2cnc3c(c2)NC2CNCCN32)CC1. The van der Waals surface area contributed by atoms with E-state index in [1.54, 1.807) is 0 Å². The highest BCUT2D eigenvalue weighted by molar-refractivity contribution is 5.76. The molecule has 1 aromatic rings. The topological polar surface area (TPSA) is 46.7 Å². The molecule has 108 valence electrons. The average Bonchev–Trinajstić information content (AvgIpc) is 2.85. The molecule has 1 atom stereocenters. The summed E-state index contributed by atoms with van der Waals surface area (Å²) in [6.07, 6.45) is 2.41. The number of fused-ring (bicyclic) bond motifs is 3. The molecule has 6 nitrogen and oxygen atoms in total. The van der Waals surface area contributed by atoms with Gasteiger partial charge in [0.1, 0.15) is 6.17 Å². The third-order valence-electron chi connectivity index (χ3n) is 4.56. The summed E-state index contributed by atoms with van der Waals surface area (Å²) in [5.41, 5.74) is 2.44. The van der Waals surface area contributed by atoms with E-state index in [0.717, 1.165) is 51.6 Å². The zero-order valence-electron chi connectivity index (χ0n) is 12.0. The lowest BCUT2D eigenvalue weighted by Crippen LogP contribution is -2.52. The minimum atomic E-state index is 0.369. The molecule has 0 aliphatic carbocycles. The first kappa shape index (κ1) is 12.2. The summed E-state index contributed by atoms with van der Waals surface area (Å²) in [4.78, 5) is 11.9. The molecule has 0 radical (unpaired) electrons. The van der Waals surface area contributed by atoms with Gasteiger partial charge in [-0.15, -0.1) is 0 Å². The van der Waals surface area contributed by atoms with Crippen LogP contribution >= 0.6 is 0 Å². The second-order valence-electron chi connectivity index (χ2n) is 5.91. The van der Waals surface area contributed by atoms with Crippen LogP contribution in [0.25, 0.3) is 0 Å². The number of aromatic nitrogens is 1. The van der Waals surface area contributed by atoms with Gasteiger partial charge in [-0.05, 0) is 13.1 Å². The van der Waals surface area contributed by atoms with Crippen LogP contribution in [0.5, 0.6) is 0 Å². The second kappa shape index (κ2) is 4.79. The van der Waals surface area contributed by atoms with Crippen LogP contribution in [0.3, 0.4) is 0 Å². The van der Waals surface area contributed by atoms with Crippen LogP contribution in [0.1, 0.15) is 0 Å². The van der Waals surface area contributed by atoms with Gasteiger partial charge in [0, 0.05) is 45.8 Å². The van der Waals surface area contributed by atoms with E-state index < -0.39 is 0 Å². The number of hydrogen-bond donors (Lipinski definition) is 2. The van der Waals surface area contributed by atoms with E-state index in [1.807, 2.05) is 6.20 Å². The van der Waals surface area contributed by atoms with Crippen molar-refractivity contribution in [2.24, 2.45) is 0 Å². The van der Waals surface area contributed by atoms with Crippen LogP contribution in [0, 0.1) is 0 Å². The Morgan fingerprint density at radius 3 is 2.90 bits per heavy atom. The Morgan fingerprint density at radius 2 is 2.05 bits per heavy atom. The monoisotopic (exact) mass is 274 g/mol. The van der Waals surface area contributed by atoms with Crippen molar-refractivity contribution in [3.8, 4) is 0 Å². The lowest BCUT2D eigenvalue weighted by molar-refractivity contribution is 0.313. The highest BCUT2D eigenvalue weighted by Crippen LogP contribution is 2.35. The maximum Gasteiger partial charge on any atom is 0.153 e. The fourth-order valence-corrected chi connectivity index (χ4v) is 3.29. The molecular formula is C14H22N6. The molecule has 6 heteroatoms. The van der Waals surface area contributed by atoms with E-state index in [2.05, 4.69) is 38.4 Å². The quantitative estimate of drug-likeness (QED) is 0.751. The molecule has 0 saturated carbocycles. The molecule has 1 unspecified atom stereocenters. The first-order valence-electron chi connectivity index (χ1n) is 7.49. The summed E-state index contributed by atoms with van der Waals surface area (Å²) < 4.78 is 0. The first-order chi connectivity index (χ1) is 9.81. The molecule has 2 N–H and O–H groups in total. The zero-order chi connectivity index (χ0) is 13.5. The van der Waals surface area contributed by atoms with Gasteiger partial charge in [0.25, 0.3) is 0 Å². The van der Waals surface area contributed by atoms with Crippen LogP contribution < -0.4 is 20.4 Å². The minimum Gasteiger partial charge on any atom is -0.368 e. The predicted molar refractivity (Wildman–Crippen MR) is 81.6 cm³/mol. The first-order valence-corrected chi connectivity index (χ1v) is 7.49. The van der Waals surface area contributed by atoms with Crippen molar-refractivity contribution in [1.29, 1.82) is 0 Å². The summed E-state index contributed by atoms with van der Waals surface area (Å²) in [5, 5.41) is 7.01. The lowest BCUT2D eigenvalue weighted by atomic mass is 10.2. The molecule has 4 heterocycles. The summed E-state index contributed by atoms with van der Waals surface area (Å²) in [6.45, 7) is 7.49. The van der Waals surface area contributed by atoms with Crippen LogP contribution in [-0.4, -0.2) is 68.9 Å². The summed E-state index contributed by atoms with van der Waals surface area (Å²) >= 11 is 0. The lowest BCUT2D eigenvalue weighted by Gasteiger charge is -2.34. The normalized spacial score (nSPS) is 26.1. The maximum atomic E-state index is 4.72. The fraction of sp³-hybridized carbons (Fsp3) is 0.643. The smallest absolute Gasteiger partial charge is 0.153 e. The number of nitrogens with one attached hydrogen (secondary N) is 2. The van der Waals surface area contributed by atoms with Crippen molar-refractivity contribution < 1.29 is 0 Å². The number of rotatable bonds is 1. The molecule has 4 rings (SSSR count). The molecule has 0 amide bonds. The molecule has 2 saturated heterocycles. The van der Waals surface area contributed by atoms with Gasteiger partial charge in [-0.3, -0.25) is 0 Å². The second-order valence-corrected chi connectivity index (χ2v) is 5.91. The number of hydrogen-bond acceptors (Lipinski definition) is 6. The molecule has 3 aliphatic heterocycles. The third-order valence-corrected chi connectivity index (χ3v) is 4.56. The van der Waals surface area contributed by atoms with Gasteiger partial charge in [0.2, 0.25) is 0 Å². The largest absolute Gasteiger partial charge is 0.368 e. The average molecular weight is 274 g/mol. The van der Waals surface area contributed by atoms with Crippen molar-refractivity contribution in [3.05, 3.63) is 12.3 Å². The Kier molecular flexibility index (Phi) is 2.93. The van der Waals surface area contributed by atoms with E-state index in [4.69, 9.17) is 4.98 Å². The molecule has 0 bridgehead atoms. The molecule has 0 aromatic carbocycles. The van der Waals surface area contributed by atoms with Gasteiger partial charge in [-0.1, -0.05) is 0 Å². The van der Waals surface area contributed by atoms with Crippen LogP contribution in [-0.2, 0) is 0 Å². The van der Waals surface area contributed by atoms with Crippen molar-refractivity contribution in [2.75, 3.05) is 68.0 Å². The van der Waals surface area contributed by atoms with E-state index >= 15 is 0 Å². The Morgan fingerprint density at radius 1 is 1.20 bits per heavy atom. The molecule has 3 aliphatic rings. The Labute approximate surface area is 119 Å². The maximum absolute atomic E-state index is 4.72. The van der Waals surface area contributed by atoms with Crippen molar-refractivity contribution in [2.45, 2.75) is 6.17 Å². The molecule has 20 heavy (non-hydrogen) atoms. The van der Waals surface area contributed by atoms with E-state index in [9.17, 15) is 0 Å². The molecule has 1 aromatic heterocycles. The van der Waals surface area contributed by atoms with Crippen molar-refractivity contribution >= 4 is 17.2 Å². The summed E-state index contributed by atoms with van der Waals surface area (Å²) in [6, 6.07) is 2.27. The van der Waals surface area contributed by atoms with Crippen LogP contribution in [0.4, 0.5) is 17.2 Å². The van der Waals surface area contributed by atoms with Gasteiger partial charge in [-0.25, -0.2) is 4.98 Å². The van der Waals surface area contributed by atoms with Gasteiger partial charge in [0.05, 0.1) is 17.6 Å². The minimum absolute atomic E-state index is 0.369. The number of nitrogens with zero attached hydrogens (tertiary/aromatic N) is 4. The zero-order valence-corrected chi connectivity index (χ0v) is 12.0. The van der Waals surface area contributed by atoms with Crippen LogP contribution in [0.15, 0.2) is 12.3 Å².